The summed E-state index contributed by atoms with van der Waals surface area (Å²) in [7, 11) is -4.28. The van der Waals surface area contributed by atoms with E-state index in [2.05, 4.69) is 36.2 Å². The summed E-state index contributed by atoms with van der Waals surface area (Å²) in [6.07, 6.45) is 4.08. The molecule has 25 heavy (non-hydrogen) atoms. The first-order valence-electron chi connectivity index (χ1n) is 7.91. The van der Waals surface area contributed by atoms with Gasteiger partial charge in [0.2, 0.25) is 5.95 Å². The highest BCUT2D eigenvalue weighted by Gasteiger charge is 2.43. The Morgan fingerprint density at radius 1 is 1.44 bits per heavy atom. The van der Waals surface area contributed by atoms with Gasteiger partial charge in [0, 0.05) is 18.5 Å². The Morgan fingerprint density at radius 2 is 2.20 bits per heavy atom. The molecular weight excluding hydrogens is 415 g/mol. The highest BCUT2D eigenvalue weighted by atomic mass is 79.9. The lowest BCUT2D eigenvalue weighted by Gasteiger charge is -2.13. The van der Waals surface area contributed by atoms with E-state index in [1.165, 1.54) is 0 Å². The molecule has 0 unspecified atom stereocenters. The Balaban J connectivity index is 1.59. The van der Waals surface area contributed by atoms with Gasteiger partial charge in [-0.3, -0.25) is 4.57 Å². The molecule has 0 amide bonds. The number of alkyl halides is 1. The van der Waals surface area contributed by atoms with E-state index in [9.17, 15) is 14.4 Å². The molecule has 10 nitrogen and oxygen atoms in total. The van der Waals surface area contributed by atoms with E-state index in [4.69, 9.17) is 10.5 Å². The zero-order valence-corrected chi connectivity index (χ0v) is 15.6. The maximum Gasteiger partial charge on any atom is 0.354 e. The predicted octanol–water partition coefficient (Wildman–Crippen LogP) is 1.24. The normalized spacial score (nSPS) is 27.1. The largest absolute Gasteiger partial charge is 0.368 e. The van der Waals surface area contributed by atoms with Crippen LogP contribution in [-0.2, 0) is 15.8 Å². The van der Waals surface area contributed by atoms with Crippen LogP contribution in [0, 0.1) is 5.92 Å². The minimum atomic E-state index is -4.28. The Labute approximate surface area is 151 Å². The number of hydrogen-bond acceptors (Lipinski definition) is 7. The third-order valence-electron chi connectivity index (χ3n) is 4.37. The number of rotatable bonds is 5. The van der Waals surface area contributed by atoms with Gasteiger partial charge in [0.1, 0.15) is 5.01 Å². The molecule has 0 aromatic carbocycles. The number of ether oxygens (including phenoxy) is 1. The molecule has 2 aromatic rings. The van der Waals surface area contributed by atoms with Gasteiger partial charge in [0.15, 0.2) is 22.8 Å². The Kier molecular flexibility index (Phi) is 4.24. The zero-order valence-electron chi connectivity index (χ0n) is 13.1. The molecule has 136 valence electrons. The summed E-state index contributed by atoms with van der Waals surface area (Å²) in [5.41, 5.74) is 7.05. The van der Waals surface area contributed by atoms with Crippen LogP contribution in [0.3, 0.4) is 0 Å². The molecule has 2 aromatic heterocycles. The van der Waals surface area contributed by atoms with Crippen LogP contribution in [0.5, 0.6) is 0 Å². The van der Waals surface area contributed by atoms with E-state index in [0.29, 0.717) is 29.6 Å². The first-order valence-corrected chi connectivity index (χ1v) is 10.5. The minimum absolute atomic E-state index is 0.133. The molecule has 3 atom stereocenters. The number of nitrogens with zero attached hydrogens (tertiary/aromatic N) is 4. The van der Waals surface area contributed by atoms with E-state index >= 15 is 0 Å². The monoisotopic (exact) mass is 432 g/mol. The SMILES string of the molecule is Nc1nc(NC2CC2)c2ncn(C[C@H]3C[C@@H](P(=O)(O)O)O[C@@H]3Br)c2n1. The topological polar surface area (TPSA) is 148 Å². The van der Waals surface area contributed by atoms with Gasteiger partial charge in [0.05, 0.1) is 6.33 Å². The molecule has 4 rings (SSSR count). The highest BCUT2D eigenvalue weighted by Crippen LogP contribution is 2.51. The molecule has 12 heteroatoms. The number of nitrogen functional groups attached to an aromatic ring is 1. The van der Waals surface area contributed by atoms with Gasteiger partial charge in [-0.1, -0.05) is 15.9 Å². The number of imidazole rings is 1. The van der Waals surface area contributed by atoms with Crippen molar-refractivity contribution in [2.75, 3.05) is 11.1 Å². The maximum absolute atomic E-state index is 11.4. The molecular formula is C13H18BrN6O4P. The fourth-order valence-corrected chi connectivity index (χ4v) is 4.57. The van der Waals surface area contributed by atoms with Gasteiger partial charge in [0.25, 0.3) is 0 Å². The van der Waals surface area contributed by atoms with Crippen LogP contribution in [0.15, 0.2) is 6.33 Å². The molecule has 2 aliphatic rings. The summed E-state index contributed by atoms with van der Waals surface area (Å²) >= 11 is 3.35. The van der Waals surface area contributed by atoms with Crippen molar-refractivity contribution >= 4 is 46.5 Å². The average molecular weight is 433 g/mol. The lowest BCUT2D eigenvalue weighted by atomic mass is 10.1. The van der Waals surface area contributed by atoms with Crippen LogP contribution in [0.4, 0.5) is 11.8 Å². The number of nitrogens with two attached hydrogens (primary N) is 1. The number of fused-ring (bicyclic) bond motifs is 1. The number of aromatic nitrogens is 4. The third kappa shape index (κ3) is 3.52. The van der Waals surface area contributed by atoms with Crippen molar-refractivity contribution in [3.8, 4) is 0 Å². The third-order valence-corrected chi connectivity index (χ3v) is 6.41. The van der Waals surface area contributed by atoms with Gasteiger partial charge >= 0.3 is 7.60 Å². The molecule has 1 saturated carbocycles. The van der Waals surface area contributed by atoms with Crippen molar-refractivity contribution in [2.45, 2.75) is 42.7 Å². The Morgan fingerprint density at radius 3 is 2.84 bits per heavy atom. The fourth-order valence-electron chi connectivity index (χ4n) is 2.93. The lowest BCUT2D eigenvalue weighted by molar-refractivity contribution is 0.116. The summed E-state index contributed by atoms with van der Waals surface area (Å²) < 4.78 is 18.6. The van der Waals surface area contributed by atoms with Crippen molar-refractivity contribution in [1.82, 2.24) is 19.5 Å². The average Bonchev–Trinajstić information content (AvgIpc) is 3.12. The van der Waals surface area contributed by atoms with E-state index in [1.807, 2.05) is 4.57 Å². The number of anilines is 2. The van der Waals surface area contributed by atoms with E-state index < -0.39 is 18.5 Å². The molecule has 2 fully saturated rings. The van der Waals surface area contributed by atoms with E-state index in [-0.39, 0.29) is 18.3 Å². The van der Waals surface area contributed by atoms with Crippen LogP contribution in [-0.4, -0.2) is 46.2 Å². The molecule has 1 saturated heterocycles. The van der Waals surface area contributed by atoms with Gasteiger partial charge < -0.3 is 30.1 Å². The first-order chi connectivity index (χ1) is 11.8. The van der Waals surface area contributed by atoms with Crippen molar-refractivity contribution in [1.29, 1.82) is 0 Å². The maximum atomic E-state index is 11.4. The second kappa shape index (κ2) is 6.17. The van der Waals surface area contributed by atoms with Crippen molar-refractivity contribution < 1.29 is 19.1 Å². The second-order valence-electron chi connectivity index (χ2n) is 6.44. The summed E-state index contributed by atoms with van der Waals surface area (Å²) in [5, 5.41) is 2.85. The van der Waals surface area contributed by atoms with E-state index in [1.54, 1.807) is 6.33 Å². The molecule has 0 bridgehead atoms. The highest BCUT2D eigenvalue weighted by molar-refractivity contribution is 9.09. The Bertz CT molecular complexity index is 852. The van der Waals surface area contributed by atoms with Crippen LogP contribution >= 0.6 is 23.5 Å². The van der Waals surface area contributed by atoms with Crippen LogP contribution in [0.1, 0.15) is 19.3 Å². The molecule has 3 heterocycles. The molecule has 1 aliphatic carbocycles. The fraction of sp³-hybridized carbons (Fsp3) is 0.615. The summed E-state index contributed by atoms with van der Waals surface area (Å²) in [6, 6.07) is 0.404. The van der Waals surface area contributed by atoms with Gasteiger partial charge in [-0.25, -0.2) is 4.98 Å². The zero-order chi connectivity index (χ0) is 17.8. The Hall–Kier alpha value is -1.26. The molecule has 1 aliphatic heterocycles. The number of hydrogen-bond donors (Lipinski definition) is 4. The van der Waals surface area contributed by atoms with Gasteiger partial charge in [-0.15, -0.1) is 0 Å². The standard InChI is InChI=1S/C13H18BrN6O4P/c14-10-6(3-8(24-10)25(21,22)23)4-20-5-16-9-11(17-7-1-2-7)18-13(15)19-12(9)20/h5-8,10H,1-4H2,(H2,21,22,23)(H3,15,17,18,19)/t6-,8-,10+/m1/s1. The van der Waals surface area contributed by atoms with Crippen molar-refractivity contribution in [3.63, 3.8) is 0 Å². The smallest absolute Gasteiger partial charge is 0.354 e. The first kappa shape index (κ1) is 17.2. The minimum Gasteiger partial charge on any atom is -0.368 e. The number of halogens is 1. The predicted molar refractivity (Wildman–Crippen MR) is 94.1 cm³/mol. The van der Waals surface area contributed by atoms with E-state index in [0.717, 1.165) is 12.8 Å². The molecule has 0 spiro atoms. The second-order valence-corrected chi connectivity index (χ2v) is 9.10. The van der Waals surface area contributed by atoms with Crippen molar-refractivity contribution in [3.05, 3.63) is 6.33 Å². The van der Waals surface area contributed by atoms with Gasteiger partial charge in [-0.2, -0.15) is 9.97 Å². The summed E-state index contributed by atoms with van der Waals surface area (Å²) in [4.78, 5) is 31.5. The van der Waals surface area contributed by atoms with Gasteiger partial charge in [-0.05, 0) is 19.3 Å². The molecule has 5 N–H and O–H groups in total. The lowest BCUT2D eigenvalue weighted by Crippen LogP contribution is -2.16. The van der Waals surface area contributed by atoms with Crippen LogP contribution < -0.4 is 11.1 Å². The summed E-state index contributed by atoms with van der Waals surface area (Å²) in [5.74, 6) is -0.451. The molecule has 0 radical (unpaired) electrons. The van der Waals surface area contributed by atoms with Crippen LogP contribution in [0.25, 0.3) is 11.2 Å². The van der Waals surface area contributed by atoms with Crippen molar-refractivity contribution in [2.24, 2.45) is 5.92 Å². The van der Waals surface area contributed by atoms with Crippen LogP contribution in [0.2, 0.25) is 0 Å². The summed E-state index contributed by atoms with van der Waals surface area (Å²) in [6.45, 7) is 0.447. The number of nitrogens with one attached hydrogen (secondary N) is 1. The quantitative estimate of drug-likeness (QED) is 0.404.